The topological polar surface area (TPSA) is 40.3 Å². The molecule has 0 heterocycles. The van der Waals surface area contributed by atoms with Crippen LogP contribution in [0.3, 0.4) is 0 Å². The molecular weight excluding hydrogens is 317 g/mol. The second kappa shape index (κ2) is 5.07. The van der Waals surface area contributed by atoms with Crippen LogP contribution in [-0.4, -0.2) is 10.1 Å². The second-order valence-electron chi connectivity index (χ2n) is 3.14. The van der Waals surface area contributed by atoms with Gasteiger partial charge in [0.1, 0.15) is 0 Å². The van der Waals surface area contributed by atoms with Gasteiger partial charge >= 0.3 is 26.9 Å². The normalized spacial score (nSPS) is 10.0. The predicted octanol–water partition coefficient (Wildman–Crippen LogP) is -0.385. The van der Waals surface area contributed by atoms with Crippen LogP contribution in [0.1, 0.15) is 0 Å². The van der Waals surface area contributed by atoms with Gasteiger partial charge in [0.25, 0.3) is 4.92 Å². The zero-order chi connectivity index (χ0) is 11.4. The van der Waals surface area contributed by atoms with Crippen LogP contribution in [0.15, 0.2) is 54.6 Å². The molecule has 3 nitrogen and oxygen atoms in total. The highest BCUT2D eigenvalue weighted by atomic mass is 127. The van der Waals surface area contributed by atoms with Gasteiger partial charge in [0.15, 0.2) is 3.57 Å². The van der Waals surface area contributed by atoms with Crippen molar-refractivity contribution in [3.05, 3.63) is 66.6 Å². The highest BCUT2D eigenvalue weighted by Crippen LogP contribution is 2.06. The van der Waals surface area contributed by atoms with E-state index in [4.69, 9.17) is 5.21 Å². The Balaban J connectivity index is 2.22. The lowest BCUT2D eigenvalue weighted by molar-refractivity contribution is -0.730. The van der Waals surface area contributed by atoms with Crippen LogP contribution in [0.25, 0.3) is 0 Å². The Labute approximate surface area is 104 Å². The Bertz CT molecular complexity index is 499. The quantitative estimate of drug-likeness (QED) is 0.617. The van der Waals surface area contributed by atoms with Crippen LogP contribution < -0.4 is 21.2 Å². The SMILES string of the molecule is O=[N+](O)c1cccc([I+]c2ccccc2)c1. The average Bonchev–Trinajstić information content (AvgIpc) is 2.30. The summed E-state index contributed by atoms with van der Waals surface area (Å²) in [4.78, 5) is 10.6. The predicted molar refractivity (Wildman–Crippen MR) is 55.4 cm³/mol. The Morgan fingerprint density at radius 3 is 2.31 bits per heavy atom. The lowest BCUT2D eigenvalue weighted by Gasteiger charge is -1.86. The van der Waals surface area contributed by atoms with Crippen LogP contribution >= 0.6 is 0 Å². The molecule has 0 saturated heterocycles. The van der Waals surface area contributed by atoms with E-state index in [1.54, 1.807) is 18.2 Å². The molecule has 0 fully saturated rings. The molecule has 2 rings (SSSR count). The monoisotopic (exact) mass is 327 g/mol. The lowest BCUT2D eigenvalue weighted by Crippen LogP contribution is -3.61. The number of benzene rings is 2. The fourth-order valence-electron chi connectivity index (χ4n) is 1.26. The van der Waals surface area contributed by atoms with E-state index in [1.807, 2.05) is 24.3 Å². The van der Waals surface area contributed by atoms with Crippen molar-refractivity contribution in [1.82, 2.24) is 0 Å². The number of halogens is 1. The Kier molecular flexibility index (Phi) is 3.51. The molecule has 0 saturated carbocycles. The standard InChI is InChI=1S/C12H10INO2/c15-14(16)12-8-4-7-11(9-12)13-10-5-2-1-3-6-10/h1-9H,(H,15,16)/q+2. The smallest absolute Gasteiger partial charge is 0.241 e. The molecule has 0 bridgehead atoms. The molecule has 0 spiro atoms. The molecule has 4 heteroatoms. The number of nitrogens with zero attached hydrogens (tertiary/aromatic N) is 1. The van der Waals surface area contributed by atoms with Crippen molar-refractivity contribution in [2.45, 2.75) is 0 Å². The first kappa shape index (κ1) is 11.1. The van der Waals surface area contributed by atoms with E-state index < -0.39 is 0 Å². The molecule has 0 aliphatic heterocycles. The maximum Gasteiger partial charge on any atom is 0.358 e. The highest BCUT2D eigenvalue weighted by Gasteiger charge is 2.20. The molecular formula is C12H10INO2+2. The van der Waals surface area contributed by atoms with E-state index in [9.17, 15) is 4.91 Å². The summed E-state index contributed by atoms with van der Waals surface area (Å²) >= 11 is -0.290. The first-order valence-electron chi connectivity index (χ1n) is 4.72. The van der Waals surface area contributed by atoms with E-state index in [2.05, 4.69) is 12.1 Å². The summed E-state index contributed by atoms with van der Waals surface area (Å²) in [5.74, 6) is 0. The molecule has 0 aliphatic rings. The van der Waals surface area contributed by atoms with E-state index >= 15 is 0 Å². The summed E-state index contributed by atoms with van der Waals surface area (Å²) in [5.41, 5.74) is 0.285. The molecule has 0 unspecified atom stereocenters. The molecule has 0 aliphatic carbocycles. The van der Waals surface area contributed by atoms with Gasteiger partial charge in [0.2, 0.25) is 3.57 Å². The molecule has 0 atom stereocenters. The molecule has 2 aromatic carbocycles. The van der Waals surface area contributed by atoms with Crippen molar-refractivity contribution in [3.63, 3.8) is 0 Å². The van der Waals surface area contributed by atoms with E-state index in [0.29, 0.717) is 0 Å². The van der Waals surface area contributed by atoms with Crippen LogP contribution in [0.5, 0.6) is 0 Å². The minimum absolute atomic E-state index is 0.0990. The fraction of sp³-hybridized carbons (Fsp3) is 0. The first-order valence-corrected chi connectivity index (χ1v) is 6.87. The Morgan fingerprint density at radius 2 is 1.62 bits per heavy atom. The fourth-order valence-corrected chi connectivity index (χ4v) is 3.61. The van der Waals surface area contributed by atoms with E-state index in [0.717, 1.165) is 3.57 Å². The van der Waals surface area contributed by atoms with E-state index in [1.165, 1.54) is 3.57 Å². The van der Waals surface area contributed by atoms with Gasteiger partial charge in [-0.15, -0.1) is 0 Å². The van der Waals surface area contributed by atoms with Gasteiger partial charge in [-0.25, -0.2) is 5.21 Å². The van der Waals surface area contributed by atoms with Crippen LogP contribution in [0, 0.1) is 12.0 Å². The number of hydrogen-bond acceptors (Lipinski definition) is 1. The largest absolute Gasteiger partial charge is 0.358 e. The Hall–Kier alpha value is -1.43. The van der Waals surface area contributed by atoms with Gasteiger partial charge < -0.3 is 0 Å². The highest BCUT2D eigenvalue weighted by molar-refractivity contribution is 5.27. The van der Waals surface area contributed by atoms with Crippen LogP contribution in [0.4, 0.5) is 5.69 Å². The van der Waals surface area contributed by atoms with Gasteiger partial charge in [0.05, 0.1) is 11.0 Å². The van der Waals surface area contributed by atoms with Crippen LogP contribution in [0.2, 0.25) is 0 Å². The molecule has 16 heavy (non-hydrogen) atoms. The van der Waals surface area contributed by atoms with Crippen molar-refractivity contribution in [3.8, 4) is 0 Å². The number of rotatable bonds is 3. The zero-order valence-corrected chi connectivity index (χ0v) is 10.5. The summed E-state index contributed by atoms with van der Waals surface area (Å²) in [6.45, 7) is 0. The third kappa shape index (κ3) is 2.79. The maximum atomic E-state index is 10.7. The third-order valence-corrected chi connectivity index (χ3v) is 4.62. The van der Waals surface area contributed by atoms with Gasteiger partial charge in [0, 0.05) is 6.07 Å². The molecule has 0 amide bonds. The molecule has 1 N–H and O–H groups in total. The van der Waals surface area contributed by atoms with E-state index in [-0.39, 0.29) is 31.8 Å². The van der Waals surface area contributed by atoms with Gasteiger partial charge in [-0.1, -0.05) is 24.3 Å². The average molecular weight is 327 g/mol. The summed E-state index contributed by atoms with van der Waals surface area (Å²) in [5, 5.41) is 8.80. The zero-order valence-electron chi connectivity index (χ0n) is 8.38. The summed E-state index contributed by atoms with van der Waals surface area (Å²) in [6, 6.07) is 17.2. The maximum absolute atomic E-state index is 10.7. The second-order valence-corrected chi connectivity index (χ2v) is 6.17. The van der Waals surface area contributed by atoms with Crippen molar-refractivity contribution in [2.75, 3.05) is 0 Å². The van der Waals surface area contributed by atoms with Gasteiger partial charge in [-0.2, -0.15) is 0 Å². The van der Waals surface area contributed by atoms with Crippen molar-refractivity contribution in [1.29, 1.82) is 0 Å². The Morgan fingerprint density at radius 1 is 0.938 bits per heavy atom. The van der Waals surface area contributed by atoms with Gasteiger partial charge in [-0.3, -0.25) is 0 Å². The molecule has 2 aromatic rings. The molecule has 0 radical (unpaired) electrons. The third-order valence-electron chi connectivity index (χ3n) is 1.98. The molecule has 0 aromatic heterocycles. The minimum Gasteiger partial charge on any atom is -0.241 e. The molecule has 80 valence electrons. The summed E-state index contributed by atoms with van der Waals surface area (Å²) < 4.78 is 2.39. The van der Waals surface area contributed by atoms with Gasteiger partial charge in [-0.05, 0) is 18.2 Å². The van der Waals surface area contributed by atoms with Crippen molar-refractivity contribution >= 4 is 5.69 Å². The summed E-state index contributed by atoms with van der Waals surface area (Å²) in [6.07, 6.45) is 0. The van der Waals surface area contributed by atoms with Crippen molar-refractivity contribution < 1.29 is 31.3 Å². The lowest BCUT2D eigenvalue weighted by atomic mass is 10.3. The number of hydrogen-bond donors (Lipinski definition) is 1. The summed E-state index contributed by atoms with van der Waals surface area (Å²) in [7, 11) is 0. The first-order chi connectivity index (χ1) is 7.75. The minimum atomic E-state index is -0.290. The van der Waals surface area contributed by atoms with Crippen molar-refractivity contribution in [2.24, 2.45) is 0 Å². The van der Waals surface area contributed by atoms with Crippen LogP contribution in [-0.2, 0) is 0 Å².